The van der Waals surface area contributed by atoms with Crippen LogP contribution in [0, 0.1) is 17.3 Å². The molecule has 2 aromatic carbocycles. The van der Waals surface area contributed by atoms with E-state index in [2.05, 4.69) is 5.32 Å². The van der Waals surface area contributed by atoms with Crippen LogP contribution in [0.2, 0.25) is 0 Å². The molecule has 0 aromatic heterocycles. The molecular formula is C27H31N3O3. The van der Waals surface area contributed by atoms with Gasteiger partial charge in [0.25, 0.3) is 5.91 Å². The van der Waals surface area contributed by atoms with Gasteiger partial charge in [-0.3, -0.25) is 14.4 Å². The number of amides is 3. The summed E-state index contributed by atoms with van der Waals surface area (Å²) in [5.41, 5.74) is 8.27. The lowest BCUT2D eigenvalue weighted by Gasteiger charge is -2.36. The topological polar surface area (TPSA) is 92.5 Å². The molecule has 6 nitrogen and oxygen atoms in total. The van der Waals surface area contributed by atoms with Gasteiger partial charge in [-0.1, -0.05) is 68.5 Å². The number of benzene rings is 2. The zero-order valence-corrected chi connectivity index (χ0v) is 19.4. The van der Waals surface area contributed by atoms with E-state index in [9.17, 15) is 14.4 Å². The molecule has 0 bridgehead atoms. The van der Waals surface area contributed by atoms with E-state index < -0.39 is 23.3 Å². The first kappa shape index (κ1) is 22.8. The predicted octanol–water partition coefficient (Wildman–Crippen LogP) is 3.97. The molecule has 0 fully saturated rings. The lowest BCUT2D eigenvalue weighted by Crippen LogP contribution is -2.51. The Morgan fingerprint density at radius 3 is 2.30 bits per heavy atom. The standard InChI is InChI=1S/C27H31N3O3/c1-17(2)16-21(27(26(28)33)14-8-9-15-27)24(31)29-23-20-12-5-4-10-18(20)19-11-6-7-13-22(19)30(3)25(23)32/h4-13,17,21,23H,14-16H2,1-3H3,(H2,28,33)(H,29,31). The highest BCUT2D eigenvalue weighted by Crippen LogP contribution is 2.44. The number of carbonyl (C=O) groups is 3. The fraction of sp³-hybridized carbons (Fsp3) is 0.370. The third-order valence-electron chi connectivity index (χ3n) is 7.00. The van der Waals surface area contributed by atoms with Gasteiger partial charge in [-0.2, -0.15) is 0 Å². The summed E-state index contributed by atoms with van der Waals surface area (Å²) in [4.78, 5) is 41.6. The molecule has 2 unspecified atom stereocenters. The van der Waals surface area contributed by atoms with Crippen LogP contribution in [0.4, 0.5) is 5.69 Å². The van der Waals surface area contributed by atoms with Crippen molar-refractivity contribution >= 4 is 23.4 Å². The van der Waals surface area contributed by atoms with E-state index in [1.165, 1.54) is 0 Å². The average Bonchev–Trinajstić information content (AvgIpc) is 3.28. The molecule has 2 aromatic rings. The van der Waals surface area contributed by atoms with Crippen molar-refractivity contribution in [2.45, 2.75) is 39.2 Å². The molecule has 1 aliphatic carbocycles. The highest BCUT2D eigenvalue weighted by molar-refractivity contribution is 6.06. The van der Waals surface area contributed by atoms with Gasteiger partial charge in [0.05, 0.1) is 17.0 Å². The van der Waals surface area contributed by atoms with Gasteiger partial charge in [0.1, 0.15) is 6.04 Å². The minimum Gasteiger partial charge on any atom is -0.369 e. The molecule has 2 atom stereocenters. The molecule has 0 spiro atoms. The Labute approximate surface area is 194 Å². The highest BCUT2D eigenvalue weighted by atomic mass is 16.2. The third-order valence-corrected chi connectivity index (χ3v) is 7.00. The van der Waals surface area contributed by atoms with E-state index >= 15 is 0 Å². The zero-order valence-electron chi connectivity index (χ0n) is 19.4. The van der Waals surface area contributed by atoms with Gasteiger partial charge in [0.2, 0.25) is 11.8 Å². The van der Waals surface area contributed by atoms with Gasteiger partial charge in [-0.15, -0.1) is 0 Å². The maximum absolute atomic E-state index is 13.8. The van der Waals surface area contributed by atoms with Crippen molar-refractivity contribution in [1.29, 1.82) is 0 Å². The second-order valence-corrected chi connectivity index (χ2v) is 9.53. The van der Waals surface area contributed by atoms with Crippen LogP contribution in [0.3, 0.4) is 0 Å². The molecular weight excluding hydrogens is 414 g/mol. The second kappa shape index (κ2) is 8.85. The van der Waals surface area contributed by atoms with Crippen LogP contribution in [0.25, 0.3) is 11.1 Å². The highest BCUT2D eigenvalue weighted by Gasteiger charge is 2.49. The Morgan fingerprint density at radius 1 is 1.06 bits per heavy atom. The van der Waals surface area contributed by atoms with Gasteiger partial charge in [0.15, 0.2) is 0 Å². The van der Waals surface area contributed by atoms with Crippen LogP contribution in [-0.2, 0) is 14.4 Å². The summed E-state index contributed by atoms with van der Waals surface area (Å²) in [6.45, 7) is 4.04. The molecule has 0 radical (unpaired) electrons. The van der Waals surface area contributed by atoms with E-state index in [0.717, 1.165) is 22.4 Å². The number of hydrogen-bond donors (Lipinski definition) is 2. The van der Waals surface area contributed by atoms with E-state index in [-0.39, 0.29) is 17.7 Å². The molecule has 33 heavy (non-hydrogen) atoms. The molecule has 172 valence electrons. The monoisotopic (exact) mass is 445 g/mol. The van der Waals surface area contributed by atoms with Crippen molar-refractivity contribution in [3.05, 3.63) is 66.2 Å². The first-order valence-corrected chi connectivity index (χ1v) is 11.5. The van der Waals surface area contributed by atoms with E-state index in [0.29, 0.717) is 19.3 Å². The van der Waals surface area contributed by atoms with Crippen LogP contribution in [0.15, 0.2) is 60.7 Å². The lowest BCUT2D eigenvalue weighted by atomic mass is 9.69. The van der Waals surface area contributed by atoms with Crippen molar-refractivity contribution in [3.8, 4) is 11.1 Å². The summed E-state index contributed by atoms with van der Waals surface area (Å²) in [6, 6.07) is 14.5. The number of allylic oxidation sites excluding steroid dienone is 2. The summed E-state index contributed by atoms with van der Waals surface area (Å²) in [6.07, 6.45) is 5.22. The molecule has 6 heteroatoms. The molecule has 3 N–H and O–H groups in total. The normalized spacial score (nSPS) is 19.6. The van der Waals surface area contributed by atoms with Crippen LogP contribution in [0.5, 0.6) is 0 Å². The third kappa shape index (κ3) is 3.94. The van der Waals surface area contributed by atoms with Gasteiger partial charge < -0.3 is 16.0 Å². The first-order chi connectivity index (χ1) is 15.8. The van der Waals surface area contributed by atoms with Crippen molar-refractivity contribution in [2.24, 2.45) is 23.0 Å². The smallest absolute Gasteiger partial charge is 0.253 e. The number of anilines is 1. The van der Waals surface area contributed by atoms with Crippen LogP contribution in [-0.4, -0.2) is 24.8 Å². The number of primary amides is 1. The molecule has 0 saturated carbocycles. The molecule has 1 aliphatic heterocycles. The van der Waals surface area contributed by atoms with Gasteiger partial charge in [0, 0.05) is 12.6 Å². The molecule has 3 amide bonds. The van der Waals surface area contributed by atoms with Crippen molar-refractivity contribution in [2.75, 3.05) is 11.9 Å². The van der Waals surface area contributed by atoms with Gasteiger partial charge >= 0.3 is 0 Å². The molecule has 1 heterocycles. The number of para-hydroxylation sites is 1. The largest absolute Gasteiger partial charge is 0.369 e. The summed E-state index contributed by atoms with van der Waals surface area (Å²) in [7, 11) is 1.73. The zero-order chi connectivity index (χ0) is 23.8. The van der Waals surface area contributed by atoms with Crippen LogP contribution >= 0.6 is 0 Å². The Balaban J connectivity index is 1.75. The van der Waals surface area contributed by atoms with Gasteiger partial charge in [-0.25, -0.2) is 0 Å². The number of fused-ring (bicyclic) bond motifs is 3. The Hall–Kier alpha value is -3.41. The SMILES string of the molecule is CC(C)CC(C(=O)NC1C(=O)N(C)c2ccccc2-c2ccccc21)C1(C(N)=O)CC=CC1. The van der Waals surface area contributed by atoms with E-state index in [4.69, 9.17) is 5.73 Å². The maximum atomic E-state index is 13.8. The maximum Gasteiger partial charge on any atom is 0.253 e. The minimum atomic E-state index is -0.962. The number of hydrogen-bond acceptors (Lipinski definition) is 3. The number of rotatable bonds is 6. The fourth-order valence-electron chi connectivity index (χ4n) is 5.20. The van der Waals surface area contributed by atoms with Crippen molar-refractivity contribution < 1.29 is 14.4 Å². The molecule has 2 aliphatic rings. The first-order valence-electron chi connectivity index (χ1n) is 11.5. The number of nitrogens with one attached hydrogen (secondary N) is 1. The van der Waals surface area contributed by atoms with Gasteiger partial charge in [-0.05, 0) is 42.4 Å². The second-order valence-electron chi connectivity index (χ2n) is 9.53. The summed E-state index contributed by atoms with van der Waals surface area (Å²) in [5.74, 6) is -1.44. The number of nitrogens with zero attached hydrogens (tertiary/aromatic N) is 1. The number of carbonyl (C=O) groups excluding carboxylic acids is 3. The summed E-state index contributed by atoms with van der Waals surface area (Å²) < 4.78 is 0. The Morgan fingerprint density at radius 2 is 1.67 bits per heavy atom. The van der Waals surface area contributed by atoms with E-state index in [1.807, 2.05) is 74.5 Å². The Bertz CT molecular complexity index is 1110. The molecule has 4 rings (SSSR count). The van der Waals surface area contributed by atoms with Crippen molar-refractivity contribution in [1.82, 2.24) is 5.32 Å². The lowest BCUT2D eigenvalue weighted by molar-refractivity contribution is -0.142. The minimum absolute atomic E-state index is 0.182. The average molecular weight is 446 g/mol. The predicted molar refractivity (Wildman–Crippen MR) is 129 cm³/mol. The quantitative estimate of drug-likeness (QED) is 0.659. The Kier molecular flexibility index (Phi) is 6.11. The number of nitrogens with two attached hydrogens (primary N) is 1. The van der Waals surface area contributed by atoms with E-state index in [1.54, 1.807) is 11.9 Å². The van der Waals surface area contributed by atoms with Crippen LogP contribution in [0.1, 0.15) is 44.7 Å². The fourth-order valence-corrected chi connectivity index (χ4v) is 5.20. The van der Waals surface area contributed by atoms with Crippen LogP contribution < -0.4 is 16.0 Å². The summed E-state index contributed by atoms with van der Waals surface area (Å²) in [5, 5.41) is 3.03. The number of likely N-dealkylation sites (N-methyl/N-ethyl adjacent to an activating group) is 1. The van der Waals surface area contributed by atoms with Crippen molar-refractivity contribution in [3.63, 3.8) is 0 Å². The molecule has 0 saturated heterocycles. The summed E-state index contributed by atoms with van der Waals surface area (Å²) >= 11 is 0.